The molecule has 0 spiro atoms. The van der Waals surface area contributed by atoms with E-state index in [0.29, 0.717) is 10.7 Å². The fourth-order valence-electron chi connectivity index (χ4n) is 2.13. The van der Waals surface area contributed by atoms with Crippen LogP contribution < -0.4 is 5.32 Å². The van der Waals surface area contributed by atoms with Gasteiger partial charge in [-0.1, -0.05) is 6.92 Å². The first-order chi connectivity index (χ1) is 12.7. The van der Waals surface area contributed by atoms with Crippen LogP contribution in [0.3, 0.4) is 0 Å². The van der Waals surface area contributed by atoms with Crippen molar-refractivity contribution in [1.29, 1.82) is 0 Å². The summed E-state index contributed by atoms with van der Waals surface area (Å²) in [7, 11) is -3.34. The number of hydrogen-bond acceptors (Lipinski definition) is 5. The van der Waals surface area contributed by atoms with E-state index in [4.69, 9.17) is 0 Å². The maximum Gasteiger partial charge on any atom is 0.433 e. The standard InChI is InChI=1S/C14H12F6N4O3S/c1-3-28(26,27)8-4-7(13(15,16)17)6-21-11(8)12(25)22-10-5-9(14(18,19)20)24(2)23-10/h4-6H,3H2,1-2H3,(H,22,23,25). The molecule has 0 radical (unpaired) electrons. The molecule has 0 aliphatic heterocycles. The lowest BCUT2D eigenvalue weighted by atomic mass is 10.2. The van der Waals surface area contributed by atoms with Crippen molar-refractivity contribution >= 4 is 21.6 Å². The van der Waals surface area contributed by atoms with Gasteiger partial charge in [-0.05, 0) is 6.07 Å². The Bertz CT molecular complexity index is 1010. The second-order valence-corrected chi connectivity index (χ2v) is 7.71. The molecule has 0 aliphatic carbocycles. The maximum absolute atomic E-state index is 12.8. The third kappa shape index (κ3) is 4.43. The minimum absolute atomic E-state index is 0.250. The molecule has 0 fully saturated rings. The maximum atomic E-state index is 12.8. The number of rotatable bonds is 4. The molecule has 0 unspecified atom stereocenters. The summed E-state index contributed by atoms with van der Waals surface area (Å²) >= 11 is 0. The molecule has 1 amide bonds. The van der Waals surface area contributed by atoms with Crippen molar-refractivity contribution in [2.45, 2.75) is 24.2 Å². The number of anilines is 1. The molecule has 7 nitrogen and oxygen atoms in total. The highest BCUT2D eigenvalue weighted by Gasteiger charge is 2.36. The summed E-state index contributed by atoms with van der Waals surface area (Å²) in [6.45, 7) is 1.14. The number of amides is 1. The molecule has 0 saturated carbocycles. The van der Waals surface area contributed by atoms with Crippen LogP contribution in [-0.2, 0) is 29.2 Å². The van der Waals surface area contributed by atoms with Gasteiger partial charge in [0.25, 0.3) is 5.91 Å². The Labute approximate surface area is 154 Å². The highest BCUT2D eigenvalue weighted by atomic mass is 32.2. The van der Waals surface area contributed by atoms with Crippen molar-refractivity contribution in [2.24, 2.45) is 7.05 Å². The monoisotopic (exact) mass is 430 g/mol. The van der Waals surface area contributed by atoms with Crippen LogP contribution in [0.4, 0.5) is 32.2 Å². The Morgan fingerprint density at radius 2 is 1.75 bits per heavy atom. The van der Waals surface area contributed by atoms with E-state index in [0.717, 1.165) is 14.0 Å². The molecule has 0 atom stereocenters. The Kier molecular flexibility index (Phi) is 5.47. The summed E-state index contributed by atoms with van der Waals surface area (Å²) in [6, 6.07) is 0.732. The van der Waals surface area contributed by atoms with Gasteiger partial charge < -0.3 is 5.32 Å². The topological polar surface area (TPSA) is 94.0 Å². The van der Waals surface area contributed by atoms with Crippen LogP contribution in [0.5, 0.6) is 0 Å². The molecule has 154 valence electrons. The summed E-state index contributed by atoms with van der Waals surface area (Å²) in [6.07, 6.45) is -9.43. The van der Waals surface area contributed by atoms with Gasteiger partial charge in [0.15, 0.2) is 15.7 Å². The van der Waals surface area contributed by atoms with E-state index < -0.39 is 61.5 Å². The number of aryl methyl sites for hydroxylation is 1. The van der Waals surface area contributed by atoms with E-state index in [-0.39, 0.29) is 12.3 Å². The fourth-order valence-corrected chi connectivity index (χ4v) is 3.19. The molecule has 0 aromatic carbocycles. The van der Waals surface area contributed by atoms with E-state index in [2.05, 4.69) is 10.1 Å². The summed E-state index contributed by atoms with van der Waals surface area (Å²) in [5, 5.41) is 5.33. The van der Waals surface area contributed by atoms with Crippen LogP contribution in [0.25, 0.3) is 0 Å². The Morgan fingerprint density at radius 3 is 2.21 bits per heavy atom. The van der Waals surface area contributed by atoms with Crippen molar-refractivity contribution in [3.05, 3.63) is 35.3 Å². The Balaban J connectivity index is 2.48. The second kappa shape index (κ2) is 7.07. The molecular weight excluding hydrogens is 418 g/mol. The molecule has 2 aromatic heterocycles. The highest BCUT2D eigenvalue weighted by molar-refractivity contribution is 7.91. The van der Waals surface area contributed by atoms with Crippen molar-refractivity contribution in [1.82, 2.24) is 14.8 Å². The number of hydrogen-bond donors (Lipinski definition) is 1. The average molecular weight is 430 g/mol. The summed E-state index contributed by atoms with van der Waals surface area (Å²) in [5.74, 6) is -2.54. The number of alkyl halides is 6. The lowest BCUT2D eigenvalue weighted by molar-refractivity contribution is -0.143. The molecule has 2 heterocycles. The zero-order chi connectivity index (χ0) is 21.5. The Hall–Kier alpha value is -2.64. The largest absolute Gasteiger partial charge is 0.433 e. The normalized spacial score (nSPS) is 12.9. The number of carbonyl (C=O) groups excluding carboxylic acids is 1. The second-order valence-electron chi connectivity index (χ2n) is 5.46. The number of nitrogens with zero attached hydrogens (tertiary/aromatic N) is 3. The van der Waals surface area contributed by atoms with E-state index in [1.807, 2.05) is 5.32 Å². The number of aromatic nitrogens is 3. The molecule has 0 bridgehead atoms. The van der Waals surface area contributed by atoms with Gasteiger partial charge in [0.2, 0.25) is 0 Å². The molecule has 2 aromatic rings. The van der Waals surface area contributed by atoms with Gasteiger partial charge in [-0.2, -0.15) is 31.4 Å². The van der Waals surface area contributed by atoms with E-state index in [1.165, 1.54) is 0 Å². The fraction of sp³-hybridized carbons (Fsp3) is 0.357. The van der Waals surface area contributed by atoms with Gasteiger partial charge in [0.05, 0.1) is 16.2 Å². The number of nitrogens with one attached hydrogen (secondary N) is 1. The number of carbonyl (C=O) groups is 1. The van der Waals surface area contributed by atoms with Gasteiger partial charge in [-0.3, -0.25) is 9.48 Å². The Morgan fingerprint density at radius 1 is 1.14 bits per heavy atom. The lowest BCUT2D eigenvalue weighted by Crippen LogP contribution is -2.21. The average Bonchev–Trinajstić information content (AvgIpc) is 2.94. The van der Waals surface area contributed by atoms with Gasteiger partial charge in [-0.25, -0.2) is 13.4 Å². The van der Waals surface area contributed by atoms with Crippen molar-refractivity contribution in [2.75, 3.05) is 11.1 Å². The molecule has 0 saturated heterocycles. The van der Waals surface area contributed by atoms with Crippen LogP contribution in [0.2, 0.25) is 0 Å². The van der Waals surface area contributed by atoms with Gasteiger partial charge in [-0.15, -0.1) is 0 Å². The van der Waals surface area contributed by atoms with Crippen LogP contribution in [0.1, 0.15) is 28.7 Å². The SMILES string of the molecule is CCS(=O)(=O)c1cc(C(F)(F)F)cnc1C(=O)Nc1cc(C(F)(F)F)n(C)n1. The minimum Gasteiger partial charge on any atom is -0.304 e. The predicted octanol–water partition coefficient (Wildman–Crippen LogP) is 2.90. The van der Waals surface area contributed by atoms with E-state index >= 15 is 0 Å². The zero-order valence-corrected chi connectivity index (χ0v) is 15.0. The number of sulfone groups is 1. The number of halogens is 6. The van der Waals surface area contributed by atoms with Gasteiger partial charge in [0.1, 0.15) is 11.4 Å². The first-order valence-corrected chi connectivity index (χ1v) is 9.04. The smallest absolute Gasteiger partial charge is 0.304 e. The van der Waals surface area contributed by atoms with Crippen LogP contribution in [0, 0.1) is 0 Å². The van der Waals surface area contributed by atoms with Crippen LogP contribution >= 0.6 is 0 Å². The molecule has 1 N–H and O–H groups in total. The summed E-state index contributed by atoms with van der Waals surface area (Å²) in [5.41, 5.74) is -3.49. The molecule has 28 heavy (non-hydrogen) atoms. The van der Waals surface area contributed by atoms with Gasteiger partial charge in [0, 0.05) is 19.3 Å². The molecule has 0 aliphatic rings. The number of pyridine rings is 1. The molecule has 2 rings (SSSR count). The third-order valence-electron chi connectivity index (χ3n) is 3.52. The quantitative estimate of drug-likeness (QED) is 0.753. The van der Waals surface area contributed by atoms with E-state index in [1.54, 1.807) is 0 Å². The van der Waals surface area contributed by atoms with E-state index in [9.17, 15) is 39.6 Å². The molecular formula is C14H12F6N4O3S. The first kappa shape index (κ1) is 21.7. The van der Waals surface area contributed by atoms with Gasteiger partial charge >= 0.3 is 12.4 Å². The summed E-state index contributed by atoms with van der Waals surface area (Å²) in [4.78, 5) is 14.6. The third-order valence-corrected chi connectivity index (χ3v) is 5.26. The first-order valence-electron chi connectivity index (χ1n) is 7.39. The predicted molar refractivity (Wildman–Crippen MR) is 83.1 cm³/mol. The van der Waals surface area contributed by atoms with Crippen LogP contribution in [-0.4, -0.2) is 34.8 Å². The summed E-state index contributed by atoms with van der Waals surface area (Å²) < 4.78 is 101. The zero-order valence-electron chi connectivity index (χ0n) is 14.2. The van der Waals surface area contributed by atoms with Crippen molar-refractivity contribution in [3.8, 4) is 0 Å². The minimum atomic E-state index is -4.91. The van der Waals surface area contributed by atoms with Crippen LogP contribution in [0.15, 0.2) is 23.2 Å². The lowest BCUT2D eigenvalue weighted by Gasteiger charge is -2.12. The highest BCUT2D eigenvalue weighted by Crippen LogP contribution is 2.32. The van der Waals surface area contributed by atoms with Crippen molar-refractivity contribution in [3.63, 3.8) is 0 Å². The van der Waals surface area contributed by atoms with Crippen molar-refractivity contribution < 1.29 is 39.6 Å². The molecule has 14 heteroatoms.